The van der Waals surface area contributed by atoms with Gasteiger partial charge in [0.25, 0.3) is 5.91 Å². The van der Waals surface area contributed by atoms with E-state index in [0.29, 0.717) is 4.47 Å². The Hall–Kier alpha value is -1.70. The zero-order valence-corrected chi connectivity index (χ0v) is 14.2. The summed E-state index contributed by atoms with van der Waals surface area (Å²) in [5, 5.41) is 7.92. The van der Waals surface area contributed by atoms with Crippen LogP contribution in [0, 0.1) is 0 Å². The lowest BCUT2D eigenvalue weighted by Gasteiger charge is -2.15. The van der Waals surface area contributed by atoms with E-state index in [1.807, 2.05) is 37.3 Å². The molecule has 0 bridgehead atoms. The fraction of sp³-hybridized carbons (Fsp3) is 0.133. The van der Waals surface area contributed by atoms with Crippen molar-refractivity contribution in [1.82, 2.24) is 5.32 Å². The maximum absolute atomic E-state index is 12.4. The minimum absolute atomic E-state index is 0.104. The van der Waals surface area contributed by atoms with Crippen molar-refractivity contribution in [3.05, 3.63) is 64.1 Å². The number of sulfonamides is 1. The number of carbonyl (C=O) groups is 1. The molecule has 1 unspecified atom stereocenters. The number of halogens is 1. The van der Waals surface area contributed by atoms with Crippen molar-refractivity contribution < 1.29 is 13.2 Å². The van der Waals surface area contributed by atoms with Crippen molar-refractivity contribution in [2.75, 3.05) is 0 Å². The summed E-state index contributed by atoms with van der Waals surface area (Å²) in [5.74, 6) is -0.381. The Morgan fingerprint density at radius 2 is 1.82 bits per heavy atom. The third kappa shape index (κ3) is 3.94. The second-order valence-electron chi connectivity index (χ2n) is 4.79. The Bertz CT molecular complexity index is 792. The van der Waals surface area contributed by atoms with E-state index in [1.54, 1.807) is 0 Å². The molecule has 0 aromatic heterocycles. The van der Waals surface area contributed by atoms with Crippen molar-refractivity contribution in [1.29, 1.82) is 0 Å². The molecule has 7 heteroatoms. The molecule has 0 saturated carbocycles. The lowest BCUT2D eigenvalue weighted by molar-refractivity contribution is 0.0939. The molecule has 0 aliphatic rings. The van der Waals surface area contributed by atoms with Crippen LogP contribution >= 0.6 is 15.9 Å². The van der Waals surface area contributed by atoms with Gasteiger partial charge in [0.05, 0.1) is 16.5 Å². The smallest absolute Gasteiger partial charge is 0.252 e. The van der Waals surface area contributed by atoms with E-state index in [4.69, 9.17) is 5.14 Å². The maximum atomic E-state index is 12.4. The predicted molar refractivity (Wildman–Crippen MR) is 87.8 cm³/mol. The van der Waals surface area contributed by atoms with Gasteiger partial charge in [-0.05, 0) is 46.6 Å². The van der Waals surface area contributed by atoms with E-state index in [2.05, 4.69) is 21.2 Å². The number of rotatable bonds is 4. The Kier molecular flexibility index (Phi) is 5.00. The van der Waals surface area contributed by atoms with Gasteiger partial charge < -0.3 is 5.32 Å². The lowest BCUT2D eigenvalue weighted by atomic mass is 10.1. The highest BCUT2D eigenvalue weighted by Gasteiger charge is 2.17. The lowest BCUT2D eigenvalue weighted by Crippen LogP contribution is -2.27. The summed E-state index contributed by atoms with van der Waals surface area (Å²) in [6.07, 6.45) is 0. The van der Waals surface area contributed by atoms with Crippen molar-refractivity contribution in [2.45, 2.75) is 17.9 Å². The van der Waals surface area contributed by atoms with E-state index in [0.717, 1.165) is 5.56 Å². The number of nitrogens with one attached hydrogen (secondary N) is 1. The average Bonchev–Trinajstić information content (AvgIpc) is 2.47. The van der Waals surface area contributed by atoms with Gasteiger partial charge in [-0.25, -0.2) is 13.6 Å². The molecule has 2 aromatic carbocycles. The maximum Gasteiger partial charge on any atom is 0.252 e. The van der Waals surface area contributed by atoms with Crippen LogP contribution in [-0.4, -0.2) is 14.3 Å². The molecular formula is C15H15BrN2O3S. The first-order valence-electron chi connectivity index (χ1n) is 6.47. The predicted octanol–water partition coefficient (Wildman–Crippen LogP) is 2.59. The van der Waals surface area contributed by atoms with Gasteiger partial charge in [-0.2, -0.15) is 0 Å². The number of hydrogen-bond donors (Lipinski definition) is 2. The number of nitrogens with two attached hydrogens (primary N) is 1. The number of hydrogen-bond acceptors (Lipinski definition) is 3. The van der Waals surface area contributed by atoms with Gasteiger partial charge in [-0.3, -0.25) is 4.79 Å². The van der Waals surface area contributed by atoms with Crippen molar-refractivity contribution in [2.24, 2.45) is 5.14 Å². The second-order valence-corrected chi connectivity index (χ2v) is 7.21. The Balaban J connectivity index is 2.26. The molecule has 1 atom stereocenters. The summed E-state index contributed by atoms with van der Waals surface area (Å²) < 4.78 is 23.3. The van der Waals surface area contributed by atoms with Gasteiger partial charge in [-0.15, -0.1) is 0 Å². The Morgan fingerprint density at radius 1 is 1.18 bits per heavy atom. The van der Waals surface area contributed by atoms with Gasteiger partial charge in [0.1, 0.15) is 0 Å². The summed E-state index contributed by atoms with van der Waals surface area (Å²) in [7, 11) is -3.86. The quantitative estimate of drug-likeness (QED) is 0.851. The van der Waals surface area contributed by atoms with Crippen molar-refractivity contribution in [3.63, 3.8) is 0 Å². The summed E-state index contributed by atoms with van der Waals surface area (Å²) in [4.78, 5) is 12.2. The molecule has 3 N–H and O–H groups in total. The molecule has 0 fully saturated rings. The van der Waals surface area contributed by atoms with Crippen molar-refractivity contribution in [3.8, 4) is 0 Å². The molecule has 22 heavy (non-hydrogen) atoms. The van der Waals surface area contributed by atoms with Gasteiger partial charge in [0.15, 0.2) is 0 Å². The minimum Gasteiger partial charge on any atom is -0.345 e. The number of benzene rings is 2. The third-order valence-electron chi connectivity index (χ3n) is 3.16. The van der Waals surface area contributed by atoms with Gasteiger partial charge in [-0.1, -0.05) is 30.3 Å². The summed E-state index contributed by atoms with van der Waals surface area (Å²) >= 11 is 3.25. The molecular weight excluding hydrogens is 368 g/mol. The largest absolute Gasteiger partial charge is 0.345 e. The molecule has 0 aliphatic carbocycles. The topological polar surface area (TPSA) is 89.3 Å². The fourth-order valence-corrected chi connectivity index (χ4v) is 2.92. The average molecular weight is 383 g/mol. The highest BCUT2D eigenvalue weighted by Crippen LogP contribution is 2.21. The van der Waals surface area contributed by atoms with E-state index < -0.39 is 10.0 Å². The highest BCUT2D eigenvalue weighted by atomic mass is 79.9. The van der Waals surface area contributed by atoms with Crippen molar-refractivity contribution >= 4 is 31.9 Å². The molecule has 5 nitrogen and oxygen atoms in total. The fourth-order valence-electron chi connectivity index (χ4n) is 1.95. The Labute approximate surface area is 137 Å². The second kappa shape index (κ2) is 6.60. The van der Waals surface area contributed by atoms with E-state index in [9.17, 15) is 13.2 Å². The van der Waals surface area contributed by atoms with E-state index in [1.165, 1.54) is 18.2 Å². The zero-order valence-electron chi connectivity index (χ0n) is 11.8. The van der Waals surface area contributed by atoms with Gasteiger partial charge in [0.2, 0.25) is 10.0 Å². The van der Waals surface area contributed by atoms with Gasteiger partial charge >= 0.3 is 0 Å². The monoisotopic (exact) mass is 382 g/mol. The summed E-state index contributed by atoms with van der Waals surface area (Å²) in [5.41, 5.74) is 1.17. The molecule has 0 spiro atoms. The minimum atomic E-state index is -3.86. The summed E-state index contributed by atoms with van der Waals surface area (Å²) in [6.45, 7) is 1.85. The van der Waals surface area contributed by atoms with Gasteiger partial charge in [0, 0.05) is 4.47 Å². The van der Waals surface area contributed by atoms with Crippen LogP contribution in [0.25, 0.3) is 0 Å². The highest BCUT2D eigenvalue weighted by molar-refractivity contribution is 9.10. The van der Waals surface area contributed by atoms with Crippen LogP contribution in [0.5, 0.6) is 0 Å². The first-order valence-corrected chi connectivity index (χ1v) is 8.81. The first kappa shape index (κ1) is 16.7. The molecule has 0 aliphatic heterocycles. The molecule has 0 heterocycles. The SMILES string of the molecule is CC(NC(=O)c1cc(S(N)(=O)=O)ccc1Br)c1ccccc1. The standard InChI is InChI=1S/C15H15BrN2O3S/c1-10(11-5-3-2-4-6-11)18-15(19)13-9-12(22(17,20)21)7-8-14(13)16/h2-10H,1H3,(H,18,19)(H2,17,20,21). The summed E-state index contributed by atoms with van der Waals surface area (Å²) in [6, 6.07) is 13.3. The molecule has 0 saturated heterocycles. The number of amides is 1. The van der Waals surface area contributed by atoms with Crippen LogP contribution in [0.3, 0.4) is 0 Å². The first-order chi connectivity index (χ1) is 10.3. The normalized spacial score (nSPS) is 12.7. The van der Waals surface area contributed by atoms with Crippen LogP contribution in [0.4, 0.5) is 0 Å². The number of primary sulfonamides is 1. The van der Waals surface area contributed by atoms with Crippen LogP contribution < -0.4 is 10.5 Å². The molecule has 0 radical (unpaired) electrons. The molecule has 1 amide bonds. The van der Waals surface area contributed by atoms with Crippen LogP contribution in [0.2, 0.25) is 0 Å². The zero-order chi connectivity index (χ0) is 16.3. The van der Waals surface area contributed by atoms with Crippen LogP contribution in [0.15, 0.2) is 57.9 Å². The molecule has 2 rings (SSSR count). The number of carbonyl (C=O) groups excluding carboxylic acids is 1. The van der Waals surface area contributed by atoms with Crippen LogP contribution in [-0.2, 0) is 10.0 Å². The third-order valence-corrected chi connectivity index (χ3v) is 4.76. The van der Waals surface area contributed by atoms with Crippen LogP contribution in [0.1, 0.15) is 28.9 Å². The molecule has 116 valence electrons. The molecule has 2 aromatic rings. The van der Waals surface area contributed by atoms with E-state index in [-0.39, 0.29) is 22.4 Å². The Morgan fingerprint density at radius 3 is 2.41 bits per heavy atom. The van der Waals surface area contributed by atoms with E-state index >= 15 is 0 Å².